The number of hydrogen-bond donors (Lipinski definition) is 0. The predicted octanol–water partition coefficient (Wildman–Crippen LogP) is 2.23. The Kier molecular flexibility index (Phi) is 16.3. The third kappa shape index (κ3) is 13.7. The standard InChI is InChI=1S/C6H6.C5H12O2.H2O/c1-2-4-6-5-3-1;1-3-4-5-7-6-2;/h1-6H;3-5H2,1-2H3;1H2. The molecular formula is C11H20O3. The van der Waals surface area contributed by atoms with Crippen LogP contribution in [0.4, 0.5) is 0 Å². The van der Waals surface area contributed by atoms with Gasteiger partial charge in [0, 0.05) is 0 Å². The highest BCUT2D eigenvalue weighted by Crippen LogP contribution is 1.85. The summed E-state index contributed by atoms with van der Waals surface area (Å²) >= 11 is 0. The van der Waals surface area contributed by atoms with Crippen LogP contribution in [0.2, 0.25) is 0 Å². The predicted molar refractivity (Wildman–Crippen MR) is 57.9 cm³/mol. The fourth-order valence-corrected chi connectivity index (χ4v) is 0.671. The van der Waals surface area contributed by atoms with Crippen molar-refractivity contribution in [3.05, 3.63) is 36.4 Å². The van der Waals surface area contributed by atoms with E-state index in [0.29, 0.717) is 6.61 Å². The largest absolute Gasteiger partial charge is 0.412 e. The molecule has 14 heavy (non-hydrogen) atoms. The van der Waals surface area contributed by atoms with Crippen molar-refractivity contribution in [1.82, 2.24) is 0 Å². The number of rotatable bonds is 4. The smallest absolute Gasteiger partial charge is 0.0822 e. The van der Waals surface area contributed by atoms with E-state index in [2.05, 4.69) is 16.7 Å². The van der Waals surface area contributed by atoms with E-state index in [-0.39, 0.29) is 5.48 Å². The van der Waals surface area contributed by atoms with Gasteiger partial charge in [-0.25, -0.2) is 9.78 Å². The minimum Gasteiger partial charge on any atom is -0.412 e. The summed E-state index contributed by atoms with van der Waals surface area (Å²) in [5.41, 5.74) is 0. The molecule has 0 aliphatic heterocycles. The first-order chi connectivity index (χ1) is 6.41. The maximum Gasteiger partial charge on any atom is 0.0822 e. The molecule has 0 amide bonds. The Morgan fingerprint density at radius 1 is 0.929 bits per heavy atom. The van der Waals surface area contributed by atoms with Crippen molar-refractivity contribution < 1.29 is 15.3 Å². The lowest BCUT2D eigenvalue weighted by atomic mass is 10.4. The highest BCUT2D eigenvalue weighted by atomic mass is 17.2. The van der Waals surface area contributed by atoms with Crippen LogP contribution in [0.15, 0.2) is 36.4 Å². The molecule has 0 spiro atoms. The van der Waals surface area contributed by atoms with Crippen molar-refractivity contribution in [3.8, 4) is 0 Å². The van der Waals surface area contributed by atoms with Gasteiger partial charge in [-0.2, -0.15) is 0 Å². The van der Waals surface area contributed by atoms with Gasteiger partial charge in [0.05, 0.1) is 13.7 Å². The van der Waals surface area contributed by atoms with Crippen LogP contribution in [-0.2, 0) is 9.78 Å². The Bertz CT molecular complexity index is 135. The molecule has 1 aromatic rings. The van der Waals surface area contributed by atoms with Crippen LogP contribution >= 0.6 is 0 Å². The molecule has 2 N–H and O–H groups in total. The monoisotopic (exact) mass is 200 g/mol. The van der Waals surface area contributed by atoms with Gasteiger partial charge in [0.2, 0.25) is 0 Å². The molecule has 3 nitrogen and oxygen atoms in total. The van der Waals surface area contributed by atoms with Crippen molar-refractivity contribution in [1.29, 1.82) is 0 Å². The molecule has 1 rings (SSSR count). The molecule has 0 heterocycles. The van der Waals surface area contributed by atoms with E-state index < -0.39 is 0 Å². The minimum absolute atomic E-state index is 0. The molecule has 0 radical (unpaired) electrons. The quantitative estimate of drug-likeness (QED) is 0.425. The van der Waals surface area contributed by atoms with Crippen LogP contribution in [0.5, 0.6) is 0 Å². The summed E-state index contributed by atoms with van der Waals surface area (Å²) in [7, 11) is 1.52. The van der Waals surface area contributed by atoms with E-state index in [1.54, 1.807) is 0 Å². The molecule has 0 bridgehead atoms. The summed E-state index contributed by atoms with van der Waals surface area (Å²) in [4.78, 5) is 8.92. The fraction of sp³-hybridized carbons (Fsp3) is 0.455. The molecule has 0 unspecified atom stereocenters. The van der Waals surface area contributed by atoms with Gasteiger partial charge in [-0.3, -0.25) is 0 Å². The Labute approximate surface area is 85.9 Å². The van der Waals surface area contributed by atoms with Gasteiger partial charge in [-0.05, 0) is 6.42 Å². The number of hydrogen-bond acceptors (Lipinski definition) is 2. The summed E-state index contributed by atoms with van der Waals surface area (Å²) in [6, 6.07) is 12.0. The molecule has 82 valence electrons. The first-order valence-corrected chi connectivity index (χ1v) is 4.57. The Morgan fingerprint density at radius 2 is 1.36 bits per heavy atom. The first-order valence-electron chi connectivity index (χ1n) is 4.57. The van der Waals surface area contributed by atoms with E-state index in [4.69, 9.17) is 0 Å². The van der Waals surface area contributed by atoms with Crippen molar-refractivity contribution in [2.45, 2.75) is 19.8 Å². The topological polar surface area (TPSA) is 50.0 Å². The number of unbranched alkanes of at least 4 members (excludes halogenated alkanes) is 1. The molecule has 0 fully saturated rings. The normalized spacial score (nSPS) is 8.14. The molecule has 0 aliphatic carbocycles. The average molecular weight is 200 g/mol. The zero-order valence-electron chi connectivity index (χ0n) is 8.90. The SMILES string of the molecule is CCCCOOC.O.c1ccccc1. The summed E-state index contributed by atoms with van der Waals surface area (Å²) < 4.78 is 0. The van der Waals surface area contributed by atoms with Gasteiger partial charge in [0.15, 0.2) is 0 Å². The highest BCUT2D eigenvalue weighted by molar-refractivity contribution is 4.99. The van der Waals surface area contributed by atoms with Gasteiger partial charge in [-0.15, -0.1) is 0 Å². The third-order valence-electron chi connectivity index (χ3n) is 1.37. The van der Waals surface area contributed by atoms with Gasteiger partial charge in [0.1, 0.15) is 0 Å². The highest BCUT2D eigenvalue weighted by Gasteiger charge is 1.79. The second kappa shape index (κ2) is 14.6. The van der Waals surface area contributed by atoms with Crippen molar-refractivity contribution in [3.63, 3.8) is 0 Å². The van der Waals surface area contributed by atoms with Crippen LogP contribution in [0.25, 0.3) is 0 Å². The van der Waals surface area contributed by atoms with Crippen LogP contribution in [-0.4, -0.2) is 19.2 Å². The Balaban J connectivity index is 0. The molecule has 0 saturated carbocycles. The van der Waals surface area contributed by atoms with E-state index >= 15 is 0 Å². The van der Waals surface area contributed by atoms with Gasteiger partial charge in [0.25, 0.3) is 0 Å². The average Bonchev–Trinajstić information content (AvgIpc) is 2.22. The zero-order valence-corrected chi connectivity index (χ0v) is 8.90. The van der Waals surface area contributed by atoms with Crippen LogP contribution in [0.1, 0.15) is 19.8 Å². The van der Waals surface area contributed by atoms with E-state index in [9.17, 15) is 0 Å². The Hall–Kier alpha value is -0.900. The molecule has 0 atom stereocenters. The van der Waals surface area contributed by atoms with Crippen molar-refractivity contribution in [2.75, 3.05) is 13.7 Å². The molecule has 0 aromatic heterocycles. The summed E-state index contributed by atoms with van der Waals surface area (Å²) in [6.45, 7) is 2.83. The van der Waals surface area contributed by atoms with Crippen molar-refractivity contribution >= 4 is 0 Å². The lowest BCUT2D eigenvalue weighted by Crippen LogP contribution is -1.90. The van der Waals surface area contributed by atoms with Crippen LogP contribution < -0.4 is 0 Å². The fourth-order valence-electron chi connectivity index (χ4n) is 0.671. The minimum atomic E-state index is 0. The molecule has 0 aliphatic rings. The Morgan fingerprint density at radius 3 is 1.64 bits per heavy atom. The molecular weight excluding hydrogens is 180 g/mol. The molecule has 3 heteroatoms. The van der Waals surface area contributed by atoms with Gasteiger partial charge >= 0.3 is 0 Å². The van der Waals surface area contributed by atoms with Crippen LogP contribution in [0, 0.1) is 0 Å². The second-order valence-corrected chi connectivity index (χ2v) is 2.50. The van der Waals surface area contributed by atoms with E-state index in [1.807, 2.05) is 36.4 Å². The van der Waals surface area contributed by atoms with Gasteiger partial charge < -0.3 is 5.48 Å². The summed E-state index contributed by atoms with van der Waals surface area (Å²) in [5, 5.41) is 0. The maximum atomic E-state index is 4.57. The summed E-state index contributed by atoms with van der Waals surface area (Å²) in [5.74, 6) is 0. The van der Waals surface area contributed by atoms with Crippen LogP contribution in [0.3, 0.4) is 0 Å². The second-order valence-electron chi connectivity index (χ2n) is 2.50. The van der Waals surface area contributed by atoms with E-state index in [1.165, 1.54) is 7.11 Å². The third-order valence-corrected chi connectivity index (χ3v) is 1.37. The lowest BCUT2D eigenvalue weighted by Gasteiger charge is -1.93. The molecule has 1 aromatic carbocycles. The molecule has 0 saturated heterocycles. The lowest BCUT2D eigenvalue weighted by molar-refractivity contribution is -0.272. The number of benzene rings is 1. The van der Waals surface area contributed by atoms with Crippen molar-refractivity contribution in [2.24, 2.45) is 0 Å². The van der Waals surface area contributed by atoms with Gasteiger partial charge in [-0.1, -0.05) is 49.7 Å². The first kappa shape index (κ1) is 15.6. The zero-order chi connectivity index (χ0) is 9.78. The van der Waals surface area contributed by atoms with E-state index in [0.717, 1.165) is 12.8 Å². The summed E-state index contributed by atoms with van der Waals surface area (Å²) in [6.07, 6.45) is 2.23. The maximum absolute atomic E-state index is 4.57.